The standard InChI is InChI=1S/C22H24N4O5/c1-3-4-12-29-18-9-7-16(8-10-18)21(28)24-14-19(27)30-15(2)22-25-20(26-31-22)17-6-5-11-23-13-17/h5-11,13,15H,3-4,12,14H2,1-2H3,(H,24,28). The van der Waals surface area contributed by atoms with Crippen LogP contribution in [0.1, 0.15) is 49.0 Å². The van der Waals surface area contributed by atoms with Gasteiger partial charge in [0.15, 0.2) is 6.10 Å². The molecule has 1 unspecified atom stereocenters. The Hall–Kier alpha value is -3.75. The van der Waals surface area contributed by atoms with E-state index >= 15 is 0 Å². The fraction of sp³-hybridized carbons (Fsp3) is 0.318. The minimum absolute atomic E-state index is 0.150. The van der Waals surface area contributed by atoms with Crippen LogP contribution in [-0.4, -0.2) is 40.2 Å². The van der Waals surface area contributed by atoms with Gasteiger partial charge in [0, 0.05) is 23.5 Å². The Morgan fingerprint density at radius 1 is 1.19 bits per heavy atom. The molecule has 31 heavy (non-hydrogen) atoms. The van der Waals surface area contributed by atoms with Gasteiger partial charge in [-0.1, -0.05) is 18.5 Å². The van der Waals surface area contributed by atoms with Crippen molar-refractivity contribution in [2.45, 2.75) is 32.8 Å². The summed E-state index contributed by atoms with van der Waals surface area (Å²) in [5, 5.41) is 6.39. The number of unbranched alkanes of at least 4 members (excludes halogenated alkanes) is 1. The fourth-order valence-corrected chi connectivity index (χ4v) is 2.59. The molecule has 162 valence electrons. The lowest BCUT2D eigenvalue weighted by Crippen LogP contribution is -2.31. The van der Waals surface area contributed by atoms with Crippen molar-refractivity contribution < 1.29 is 23.6 Å². The van der Waals surface area contributed by atoms with Crippen molar-refractivity contribution in [3.05, 3.63) is 60.2 Å². The van der Waals surface area contributed by atoms with Crippen molar-refractivity contribution in [3.8, 4) is 17.1 Å². The molecule has 0 spiro atoms. The van der Waals surface area contributed by atoms with Crippen molar-refractivity contribution in [2.75, 3.05) is 13.2 Å². The highest BCUT2D eigenvalue weighted by molar-refractivity contribution is 5.96. The normalized spacial score (nSPS) is 11.5. The maximum absolute atomic E-state index is 12.2. The number of amides is 1. The highest BCUT2D eigenvalue weighted by Crippen LogP contribution is 2.19. The number of nitrogens with zero attached hydrogens (tertiary/aromatic N) is 3. The van der Waals surface area contributed by atoms with Gasteiger partial charge in [0.25, 0.3) is 11.8 Å². The zero-order valence-corrected chi connectivity index (χ0v) is 17.4. The Balaban J connectivity index is 1.46. The third-order valence-corrected chi connectivity index (χ3v) is 4.29. The average Bonchev–Trinajstić information content (AvgIpc) is 3.29. The first-order chi connectivity index (χ1) is 15.1. The summed E-state index contributed by atoms with van der Waals surface area (Å²) in [6, 6.07) is 10.3. The summed E-state index contributed by atoms with van der Waals surface area (Å²) >= 11 is 0. The van der Waals surface area contributed by atoms with Crippen molar-refractivity contribution in [1.29, 1.82) is 0 Å². The Bertz CT molecular complexity index is 989. The molecule has 9 nitrogen and oxygen atoms in total. The molecule has 1 atom stereocenters. The van der Waals surface area contributed by atoms with Gasteiger partial charge in [-0.15, -0.1) is 0 Å². The lowest BCUT2D eigenvalue weighted by molar-refractivity contribution is -0.148. The molecule has 9 heteroatoms. The molecule has 0 saturated heterocycles. The zero-order chi connectivity index (χ0) is 22.1. The number of hydrogen-bond donors (Lipinski definition) is 1. The molecule has 1 amide bonds. The van der Waals surface area contributed by atoms with Crippen LogP contribution in [0.3, 0.4) is 0 Å². The van der Waals surface area contributed by atoms with Crippen LogP contribution in [0.15, 0.2) is 53.3 Å². The Morgan fingerprint density at radius 3 is 2.71 bits per heavy atom. The van der Waals surface area contributed by atoms with Crippen LogP contribution in [0.25, 0.3) is 11.4 Å². The van der Waals surface area contributed by atoms with Crippen molar-refractivity contribution in [1.82, 2.24) is 20.4 Å². The maximum atomic E-state index is 12.2. The highest BCUT2D eigenvalue weighted by Gasteiger charge is 2.20. The molecule has 0 aliphatic rings. The van der Waals surface area contributed by atoms with Gasteiger partial charge in [-0.05, 0) is 49.7 Å². The number of pyridine rings is 1. The van der Waals surface area contributed by atoms with E-state index < -0.39 is 12.1 Å². The third-order valence-electron chi connectivity index (χ3n) is 4.29. The number of ether oxygens (including phenoxy) is 2. The molecular formula is C22H24N4O5. The predicted molar refractivity (Wildman–Crippen MR) is 111 cm³/mol. The smallest absolute Gasteiger partial charge is 0.326 e. The summed E-state index contributed by atoms with van der Waals surface area (Å²) in [6.45, 7) is 4.04. The summed E-state index contributed by atoms with van der Waals surface area (Å²) in [5.74, 6) is 0.185. The second-order valence-electron chi connectivity index (χ2n) is 6.74. The van der Waals surface area contributed by atoms with Crippen molar-refractivity contribution >= 4 is 11.9 Å². The number of esters is 1. The third kappa shape index (κ3) is 6.36. The minimum Gasteiger partial charge on any atom is -0.494 e. The summed E-state index contributed by atoms with van der Waals surface area (Å²) in [6.07, 6.45) is 4.50. The molecule has 0 aliphatic carbocycles. The summed E-state index contributed by atoms with van der Waals surface area (Å²) < 4.78 is 16.0. The quantitative estimate of drug-likeness (QED) is 0.389. The van der Waals surface area contributed by atoms with Gasteiger partial charge < -0.3 is 19.3 Å². The van der Waals surface area contributed by atoms with E-state index in [2.05, 4.69) is 27.4 Å². The number of benzene rings is 1. The first-order valence-corrected chi connectivity index (χ1v) is 10.0. The second kappa shape index (κ2) is 10.9. The van der Waals surface area contributed by atoms with Crippen molar-refractivity contribution in [3.63, 3.8) is 0 Å². The Kier molecular flexibility index (Phi) is 7.69. The van der Waals surface area contributed by atoms with Crippen LogP contribution >= 0.6 is 0 Å². The number of nitrogens with one attached hydrogen (secondary N) is 1. The van der Waals surface area contributed by atoms with Gasteiger partial charge >= 0.3 is 5.97 Å². The lowest BCUT2D eigenvalue weighted by Gasteiger charge is -2.10. The van der Waals surface area contributed by atoms with E-state index in [9.17, 15) is 9.59 Å². The molecule has 0 saturated carbocycles. The number of aromatic nitrogens is 3. The van der Waals surface area contributed by atoms with E-state index in [0.29, 0.717) is 29.3 Å². The van der Waals surface area contributed by atoms with Gasteiger partial charge in [0.05, 0.1) is 6.61 Å². The molecule has 0 aliphatic heterocycles. The van der Waals surface area contributed by atoms with E-state index in [-0.39, 0.29) is 18.3 Å². The maximum Gasteiger partial charge on any atom is 0.326 e. The Morgan fingerprint density at radius 2 is 2.00 bits per heavy atom. The molecule has 0 bridgehead atoms. The SMILES string of the molecule is CCCCOc1ccc(C(=O)NCC(=O)OC(C)c2nc(-c3cccnc3)no2)cc1. The van der Waals surface area contributed by atoms with E-state index in [0.717, 1.165) is 12.8 Å². The van der Waals surface area contributed by atoms with Crippen LogP contribution in [0, 0.1) is 0 Å². The van der Waals surface area contributed by atoms with Crippen molar-refractivity contribution in [2.24, 2.45) is 0 Å². The van der Waals surface area contributed by atoms with Crippen LogP contribution < -0.4 is 10.1 Å². The molecule has 0 fully saturated rings. The number of carbonyl (C=O) groups is 2. The largest absolute Gasteiger partial charge is 0.494 e. The molecular weight excluding hydrogens is 400 g/mol. The molecule has 2 aromatic heterocycles. The number of hydrogen-bond acceptors (Lipinski definition) is 8. The first-order valence-electron chi connectivity index (χ1n) is 10.0. The van der Waals surface area contributed by atoms with Gasteiger partial charge in [0.1, 0.15) is 12.3 Å². The topological polar surface area (TPSA) is 116 Å². The summed E-state index contributed by atoms with van der Waals surface area (Å²) in [7, 11) is 0. The minimum atomic E-state index is -0.762. The van der Waals surface area contributed by atoms with E-state index in [1.165, 1.54) is 0 Å². The van der Waals surface area contributed by atoms with Crippen LogP contribution in [0.4, 0.5) is 0 Å². The van der Waals surface area contributed by atoms with Gasteiger partial charge in [0.2, 0.25) is 5.82 Å². The van der Waals surface area contributed by atoms with Crippen LogP contribution in [0.5, 0.6) is 5.75 Å². The number of carbonyl (C=O) groups excluding carboxylic acids is 2. The first kappa shape index (κ1) is 21.9. The van der Waals surface area contributed by atoms with E-state index in [1.54, 1.807) is 55.7 Å². The monoisotopic (exact) mass is 424 g/mol. The van der Waals surface area contributed by atoms with Crippen LogP contribution in [-0.2, 0) is 9.53 Å². The summed E-state index contributed by atoms with van der Waals surface area (Å²) in [5.41, 5.74) is 1.10. The lowest BCUT2D eigenvalue weighted by atomic mass is 10.2. The second-order valence-corrected chi connectivity index (χ2v) is 6.74. The highest BCUT2D eigenvalue weighted by atomic mass is 16.6. The molecule has 0 radical (unpaired) electrons. The van der Waals surface area contributed by atoms with Gasteiger partial charge in [-0.25, -0.2) is 0 Å². The summed E-state index contributed by atoms with van der Waals surface area (Å²) in [4.78, 5) is 32.5. The van der Waals surface area contributed by atoms with Gasteiger partial charge in [-0.3, -0.25) is 14.6 Å². The van der Waals surface area contributed by atoms with E-state index in [4.69, 9.17) is 14.0 Å². The number of rotatable bonds is 10. The molecule has 3 aromatic rings. The van der Waals surface area contributed by atoms with E-state index in [1.807, 2.05) is 0 Å². The average molecular weight is 424 g/mol. The molecule has 1 aromatic carbocycles. The molecule has 3 rings (SSSR count). The van der Waals surface area contributed by atoms with Crippen LogP contribution in [0.2, 0.25) is 0 Å². The van der Waals surface area contributed by atoms with Gasteiger partial charge in [-0.2, -0.15) is 4.98 Å². The Labute approximate surface area is 179 Å². The molecule has 2 heterocycles. The molecule has 1 N–H and O–H groups in total. The zero-order valence-electron chi connectivity index (χ0n) is 17.4. The predicted octanol–water partition coefficient (Wildman–Crippen LogP) is 3.34. The fourth-order valence-electron chi connectivity index (χ4n) is 2.59.